The van der Waals surface area contributed by atoms with Gasteiger partial charge < -0.3 is 10.4 Å². The molecule has 0 aromatic heterocycles. The van der Waals surface area contributed by atoms with E-state index in [2.05, 4.69) is 5.32 Å². The zero-order valence-electron chi connectivity index (χ0n) is 6.62. The van der Waals surface area contributed by atoms with Crippen LogP contribution in [0.4, 0.5) is 0 Å². The largest absolute Gasteiger partial charge is 0.393 e. The summed E-state index contributed by atoms with van der Waals surface area (Å²) in [7, 11) is 0. The highest BCUT2D eigenvalue weighted by molar-refractivity contribution is 5.85. The first-order valence-electron chi connectivity index (χ1n) is 4.28. The van der Waals surface area contributed by atoms with Gasteiger partial charge in [0.2, 0.25) is 0 Å². The molecule has 0 aromatic rings. The van der Waals surface area contributed by atoms with Crippen LogP contribution in [0.5, 0.6) is 0 Å². The van der Waals surface area contributed by atoms with E-state index in [1.807, 2.05) is 0 Å². The van der Waals surface area contributed by atoms with Crippen LogP contribution < -0.4 is 5.32 Å². The third-order valence-electron chi connectivity index (χ3n) is 2.60. The van der Waals surface area contributed by atoms with Crippen LogP contribution in [0.2, 0.25) is 0 Å². The van der Waals surface area contributed by atoms with Gasteiger partial charge in [-0.25, -0.2) is 0 Å². The van der Waals surface area contributed by atoms with Gasteiger partial charge in [-0.1, -0.05) is 0 Å². The molecule has 1 heterocycles. The van der Waals surface area contributed by atoms with E-state index in [0.717, 1.165) is 25.3 Å². The summed E-state index contributed by atoms with van der Waals surface area (Å²) >= 11 is 0. The quantitative estimate of drug-likeness (QED) is 0.625. The van der Waals surface area contributed by atoms with Crippen molar-refractivity contribution in [2.75, 3.05) is 6.54 Å². The second-order valence-corrected chi connectivity index (χ2v) is 3.58. The van der Waals surface area contributed by atoms with Crippen LogP contribution in [-0.4, -0.2) is 23.8 Å². The molecular formula is C8H16ClNO. The standard InChI is InChI=1S/C8H15NO.ClH/c10-7-3-4-9-8(5-7)6-1-2-6;/h6-10H,1-5H2;1H/t7-,8-;/m0./s1. The summed E-state index contributed by atoms with van der Waals surface area (Å²) < 4.78 is 0. The Balaban J connectivity index is 0.000000605. The van der Waals surface area contributed by atoms with Crippen molar-refractivity contribution in [2.45, 2.75) is 37.8 Å². The highest BCUT2D eigenvalue weighted by Crippen LogP contribution is 2.35. The third-order valence-corrected chi connectivity index (χ3v) is 2.60. The van der Waals surface area contributed by atoms with Crippen LogP contribution in [0.15, 0.2) is 0 Å². The smallest absolute Gasteiger partial charge is 0.0567 e. The summed E-state index contributed by atoms with van der Waals surface area (Å²) in [4.78, 5) is 0. The number of piperidine rings is 1. The molecule has 2 fully saturated rings. The number of aliphatic hydroxyl groups is 1. The Morgan fingerprint density at radius 3 is 2.45 bits per heavy atom. The van der Waals surface area contributed by atoms with Gasteiger partial charge >= 0.3 is 0 Å². The number of hydrogen-bond acceptors (Lipinski definition) is 2. The van der Waals surface area contributed by atoms with E-state index in [4.69, 9.17) is 0 Å². The Kier molecular flexibility index (Phi) is 3.16. The van der Waals surface area contributed by atoms with E-state index in [0.29, 0.717) is 6.04 Å². The predicted molar refractivity (Wildman–Crippen MR) is 47.0 cm³/mol. The SMILES string of the molecule is Cl.O[C@H]1CCN[C@H](C2CC2)C1. The van der Waals surface area contributed by atoms with Crippen molar-refractivity contribution in [2.24, 2.45) is 5.92 Å². The maximum absolute atomic E-state index is 9.32. The number of aliphatic hydroxyl groups excluding tert-OH is 1. The molecule has 0 spiro atoms. The van der Waals surface area contributed by atoms with Crippen molar-refractivity contribution in [3.05, 3.63) is 0 Å². The first kappa shape index (κ1) is 9.30. The molecule has 2 nitrogen and oxygen atoms in total. The topological polar surface area (TPSA) is 32.3 Å². The molecule has 0 radical (unpaired) electrons. The van der Waals surface area contributed by atoms with Gasteiger partial charge in [0.25, 0.3) is 0 Å². The molecule has 2 aliphatic rings. The van der Waals surface area contributed by atoms with E-state index in [-0.39, 0.29) is 18.5 Å². The Morgan fingerprint density at radius 1 is 1.18 bits per heavy atom. The molecule has 2 atom stereocenters. The summed E-state index contributed by atoms with van der Waals surface area (Å²) in [6, 6.07) is 0.642. The van der Waals surface area contributed by atoms with Crippen LogP contribution >= 0.6 is 12.4 Å². The molecule has 11 heavy (non-hydrogen) atoms. The van der Waals surface area contributed by atoms with Crippen molar-refractivity contribution in [3.8, 4) is 0 Å². The van der Waals surface area contributed by atoms with Crippen molar-refractivity contribution in [1.29, 1.82) is 0 Å². The molecule has 1 saturated heterocycles. The van der Waals surface area contributed by atoms with E-state index in [1.54, 1.807) is 0 Å². The first-order valence-corrected chi connectivity index (χ1v) is 4.28. The maximum atomic E-state index is 9.32. The fourth-order valence-electron chi connectivity index (χ4n) is 1.79. The van der Waals surface area contributed by atoms with Crippen molar-refractivity contribution >= 4 is 12.4 Å². The van der Waals surface area contributed by atoms with Crippen LogP contribution in [0.25, 0.3) is 0 Å². The number of nitrogens with one attached hydrogen (secondary N) is 1. The van der Waals surface area contributed by atoms with Gasteiger partial charge in [0.1, 0.15) is 0 Å². The lowest BCUT2D eigenvalue weighted by atomic mass is 9.98. The van der Waals surface area contributed by atoms with Gasteiger partial charge in [0, 0.05) is 6.04 Å². The average Bonchev–Trinajstić information content (AvgIpc) is 2.68. The second kappa shape index (κ2) is 3.74. The molecule has 1 aliphatic carbocycles. The van der Waals surface area contributed by atoms with Crippen molar-refractivity contribution in [3.63, 3.8) is 0 Å². The Hall–Kier alpha value is 0.210. The van der Waals surface area contributed by atoms with Crippen LogP contribution in [-0.2, 0) is 0 Å². The van der Waals surface area contributed by atoms with Crippen LogP contribution in [0, 0.1) is 5.92 Å². The van der Waals surface area contributed by atoms with Gasteiger partial charge in [0.15, 0.2) is 0 Å². The van der Waals surface area contributed by atoms with Crippen LogP contribution in [0.3, 0.4) is 0 Å². The summed E-state index contributed by atoms with van der Waals surface area (Å²) in [5.41, 5.74) is 0. The number of halogens is 1. The van der Waals surface area contributed by atoms with Gasteiger partial charge in [0.05, 0.1) is 6.10 Å². The molecule has 0 amide bonds. The summed E-state index contributed by atoms with van der Waals surface area (Å²) in [6.45, 7) is 1.02. The highest BCUT2D eigenvalue weighted by Gasteiger charge is 2.33. The fraction of sp³-hybridized carbons (Fsp3) is 1.00. The average molecular weight is 178 g/mol. The molecule has 2 rings (SSSR count). The van der Waals surface area contributed by atoms with E-state index < -0.39 is 0 Å². The van der Waals surface area contributed by atoms with Crippen LogP contribution in [0.1, 0.15) is 25.7 Å². The molecule has 2 N–H and O–H groups in total. The predicted octanol–water partition coefficient (Wildman–Crippen LogP) is 0.931. The molecule has 0 bridgehead atoms. The van der Waals surface area contributed by atoms with E-state index >= 15 is 0 Å². The van der Waals surface area contributed by atoms with Gasteiger partial charge in [-0.3, -0.25) is 0 Å². The number of hydrogen-bond donors (Lipinski definition) is 2. The Morgan fingerprint density at radius 2 is 1.91 bits per heavy atom. The summed E-state index contributed by atoms with van der Waals surface area (Å²) in [6.07, 6.45) is 4.68. The fourth-order valence-corrected chi connectivity index (χ4v) is 1.79. The molecule has 66 valence electrons. The monoisotopic (exact) mass is 177 g/mol. The summed E-state index contributed by atoms with van der Waals surface area (Å²) in [5, 5.41) is 12.8. The minimum Gasteiger partial charge on any atom is -0.393 e. The highest BCUT2D eigenvalue weighted by atomic mass is 35.5. The minimum absolute atomic E-state index is 0. The Labute approximate surface area is 73.8 Å². The normalized spacial score (nSPS) is 37.9. The summed E-state index contributed by atoms with van der Waals surface area (Å²) in [5.74, 6) is 0.898. The third kappa shape index (κ3) is 2.32. The lowest BCUT2D eigenvalue weighted by Gasteiger charge is -2.27. The molecule has 1 saturated carbocycles. The first-order chi connectivity index (χ1) is 4.86. The van der Waals surface area contributed by atoms with E-state index in [9.17, 15) is 5.11 Å². The zero-order chi connectivity index (χ0) is 6.97. The molecule has 0 unspecified atom stereocenters. The van der Waals surface area contributed by atoms with Crippen molar-refractivity contribution in [1.82, 2.24) is 5.32 Å². The minimum atomic E-state index is -0.0214. The zero-order valence-corrected chi connectivity index (χ0v) is 7.44. The van der Waals surface area contributed by atoms with Gasteiger partial charge in [-0.05, 0) is 38.1 Å². The lowest BCUT2D eigenvalue weighted by Crippen LogP contribution is -2.41. The molecule has 0 aromatic carbocycles. The number of rotatable bonds is 1. The van der Waals surface area contributed by atoms with Gasteiger partial charge in [-0.15, -0.1) is 12.4 Å². The molecule has 3 heteroatoms. The Bertz CT molecular complexity index is 127. The second-order valence-electron chi connectivity index (χ2n) is 3.58. The maximum Gasteiger partial charge on any atom is 0.0567 e. The lowest BCUT2D eigenvalue weighted by molar-refractivity contribution is 0.111. The van der Waals surface area contributed by atoms with Crippen molar-refractivity contribution < 1.29 is 5.11 Å². The van der Waals surface area contributed by atoms with E-state index in [1.165, 1.54) is 12.8 Å². The molecular weight excluding hydrogens is 162 g/mol. The molecule has 1 aliphatic heterocycles. The van der Waals surface area contributed by atoms with Gasteiger partial charge in [-0.2, -0.15) is 0 Å².